The van der Waals surface area contributed by atoms with Crippen LogP contribution in [-0.4, -0.2) is 25.3 Å². The van der Waals surface area contributed by atoms with Gasteiger partial charge in [-0.05, 0) is 37.3 Å². The number of hydrogen-bond donors (Lipinski definition) is 1. The van der Waals surface area contributed by atoms with Gasteiger partial charge in [0.1, 0.15) is 9.96 Å². The molecule has 6 nitrogen and oxygen atoms in total. The normalized spacial score (nSPS) is 11.5. The van der Waals surface area contributed by atoms with Crippen molar-refractivity contribution < 1.29 is 13.2 Å². The van der Waals surface area contributed by atoms with Gasteiger partial charge in [0.15, 0.2) is 0 Å². The minimum atomic E-state index is -3.70. The maximum Gasteiger partial charge on any atom is 0.271 e. The van der Waals surface area contributed by atoms with E-state index in [0.717, 1.165) is 22.6 Å². The lowest BCUT2D eigenvalue weighted by atomic mass is 10.2. The Morgan fingerprint density at radius 2 is 2.12 bits per heavy atom. The van der Waals surface area contributed by atoms with Crippen molar-refractivity contribution in [2.24, 2.45) is 0 Å². The molecule has 0 unspecified atom stereocenters. The van der Waals surface area contributed by atoms with E-state index < -0.39 is 10.0 Å². The number of thiophene rings is 1. The topological polar surface area (TPSA) is 73.2 Å². The molecule has 2 heterocycles. The number of aromatic nitrogens is 2. The Morgan fingerprint density at radius 1 is 1.32 bits per heavy atom. The lowest BCUT2D eigenvalue weighted by Gasteiger charge is -2.08. The summed E-state index contributed by atoms with van der Waals surface area (Å²) in [5, 5.41) is 6.34. The summed E-state index contributed by atoms with van der Waals surface area (Å²) in [6.45, 7) is 2.69. The number of ether oxygens (including phenoxy) is 1. The van der Waals surface area contributed by atoms with Crippen LogP contribution in [0, 0.1) is 0 Å². The van der Waals surface area contributed by atoms with E-state index in [2.05, 4.69) is 9.82 Å². The van der Waals surface area contributed by atoms with Crippen molar-refractivity contribution in [1.82, 2.24) is 9.78 Å². The van der Waals surface area contributed by atoms with Crippen LogP contribution in [0.15, 0.2) is 46.1 Å². The number of rotatable bonds is 6. The number of methoxy groups -OCH3 is 1. The van der Waals surface area contributed by atoms with Crippen LogP contribution in [0.5, 0.6) is 5.75 Å². The van der Waals surface area contributed by atoms with Gasteiger partial charge >= 0.3 is 0 Å². The van der Waals surface area contributed by atoms with E-state index in [9.17, 15) is 8.42 Å². The zero-order valence-electron chi connectivity index (χ0n) is 13.6. The Morgan fingerprint density at radius 3 is 2.80 bits per heavy atom. The Balaban J connectivity index is 1.87. The molecule has 3 aromatic rings. The van der Waals surface area contributed by atoms with Gasteiger partial charge in [-0.3, -0.25) is 9.40 Å². The Kier molecular flexibility index (Phi) is 5.03. The van der Waals surface area contributed by atoms with Crippen molar-refractivity contribution in [2.75, 3.05) is 11.8 Å². The van der Waals surface area contributed by atoms with E-state index >= 15 is 0 Å². The van der Waals surface area contributed by atoms with Gasteiger partial charge in [-0.15, -0.1) is 11.3 Å². The molecule has 132 valence electrons. The molecule has 0 spiro atoms. The fraction of sp³-hybridized carbons (Fsp3) is 0.188. The predicted octanol–water partition coefficient (Wildman–Crippen LogP) is 4.09. The Bertz CT molecular complexity index is 996. The van der Waals surface area contributed by atoms with Gasteiger partial charge in [0.25, 0.3) is 10.0 Å². The highest BCUT2D eigenvalue weighted by molar-refractivity contribution is 7.94. The van der Waals surface area contributed by atoms with Crippen LogP contribution >= 0.6 is 22.9 Å². The Labute approximate surface area is 155 Å². The quantitative estimate of drug-likeness (QED) is 0.679. The van der Waals surface area contributed by atoms with E-state index in [4.69, 9.17) is 16.3 Å². The molecule has 0 aliphatic rings. The van der Waals surface area contributed by atoms with Crippen LogP contribution in [0.4, 0.5) is 5.69 Å². The molecule has 0 saturated carbocycles. The number of benzene rings is 1. The van der Waals surface area contributed by atoms with Crippen LogP contribution in [0.25, 0.3) is 11.3 Å². The number of sulfonamides is 1. The van der Waals surface area contributed by atoms with Crippen molar-refractivity contribution in [3.63, 3.8) is 0 Å². The second-order valence-electron chi connectivity index (χ2n) is 5.14. The number of hydrogen-bond acceptors (Lipinski definition) is 5. The highest BCUT2D eigenvalue weighted by Gasteiger charge is 2.19. The van der Waals surface area contributed by atoms with E-state index in [1.165, 1.54) is 13.2 Å². The summed E-state index contributed by atoms with van der Waals surface area (Å²) in [6.07, 6.45) is 1.70. The first-order chi connectivity index (χ1) is 11.9. The third-order valence-corrected chi connectivity index (χ3v) is 6.67. The molecule has 0 aliphatic heterocycles. The highest BCUT2D eigenvalue weighted by atomic mass is 35.5. The summed E-state index contributed by atoms with van der Waals surface area (Å²) in [5.41, 5.74) is 2.07. The number of nitrogens with zero attached hydrogens (tertiary/aromatic N) is 2. The molecule has 0 atom stereocenters. The lowest BCUT2D eigenvalue weighted by molar-refractivity contribution is 0.415. The second kappa shape index (κ2) is 7.07. The molecule has 0 saturated heterocycles. The SMILES string of the molecule is CCn1nccc1-c1csc(S(=O)(=O)Nc2ccc(OC)c(Cl)c2)c1. The highest BCUT2D eigenvalue weighted by Crippen LogP contribution is 2.31. The lowest BCUT2D eigenvalue weighted by Crippen LogP contribution is -2.11. The first-order valence-electron chi connectivity index (χ1n) is 7.41. The van der Waals surface area contributed by atoms with Gasteiger partial charge in [0.2, 0.25) is 0 Å². The van der Waals surface area contributed by atoms with Crippen LogP contribution in [0.1, 0.15) is 6.92 Å². The zero-order chi connectivity index (χ0) is 18.0. The first-order valence-corrected chi connectivity index (χ1v) is 10.2. The van der Waals surface area contributed by atoms with Crippen molar-refractivity contribution in [3.8, 4) is 17.0 Å². The van der Waals surface area contributed by atoms with Gasteiger partial charge < -0.3 is 4.74 Å². The summed E-state index contributed by atoms with van der Waals surface area (Å²) in [7, 11) is -2.20. The maximum atomic E-state index is 12.6. The summed E-state index contributed by atoms with van der Waals surface area (Å²) in [6, 6.07) is 8.22. The van der Waals surface area contributed by atoms with E-state index in [1.54, 1.807) is 29.8 Å². The van der Waals surface area contributed by atoms with Gasteiger partial charge in [-0.2, -0.15) is 5.10 Å². The van der Waals surface area contributed by atoms with Gasteiger partial charge in [-0.25, -0.2) is 8.42 Å². The van der Waals surface area contributed by atoms with Crippen molar-refractivity contribution >= 4 is 38.6 Å². The smallest absolute Gasteiger partial charge is 0.271 e. The van der Waals surface area contributed by atoms with Crippen LogP contribution < -0.4 is 9.46 Å². The number of aryl methyl sites for hydroxylation is 1. The molecule has 0 radical (unpaired) electrons. The number of halogens is 1. The molecule has 0 bridgehead atoms. The standard InChI is InChI=1S/C16H16ClN3O3S2/c1-3-20-14(6-7-18-20)11-8-16(24-10-11)25(21,22)19-12-4-5-15(23-2)13(17)9-12/h4-10,19H,3H2,1-2H3. The van der Waals surface area contributed by atoms with Crippen molar-refractivity contribution in [2.45, 2.75) is 17.7 Å². The Hall–Kier alpha value is -2.03. The van der Waals surface area contributed by atoms with Gasteiger partial charge in [-0.1, -0.05) is 11.6 Å². The maximum absolute atomic E-state index is 12.6. The monoisotopic (exact) mass is 397 g/mol. The molecule has 25 heavy (non-hydrogen) atoms. The minimum Gasteiger partial charge on any atom is -0.495 e. The molecule has 9 heteroatoms. The molecule has 0 fully saturated rings. The molecule has 2 aromatic heterocycles. The van der Waals surface area contributed by atoms with Crippen LogP contribution in [0.2, 0.25) is 5.02 Å². The van der Waals surface area contributed by atoms with Crippen molar-refractivity contribution in [1.29, 1.82) is 0 Å². The largest absolute Gasteiger partial charge is 0.495 e. The van der Waals surface area contributed by atoms with Crippen molar-refractivity contribution in [3.05, 3.63) is 46.9 Å². The molecule has 1 N–H and O–H groups in total. The average molecular weight is 398 g/mol. The van der Waals surface area contributed by atoms with Gasteiger partial charge in [0.05, 0.1) is 23.5 Å². The summed E-state index contributed by atoms with van der Waals surface area (Å²) < 4.78 is 34.8. The second-order valence-corrected chi connectivity index (χ2v) is 8.37. The number of nitrogens with one attached hydrogen (secondary N) is 1. The fourth-order valence-corrected chi connectivity index (χ4v) is 4.84. The number of anilines is 1. The zero-order valence-corrected chi connectivity index (χ0v) is 16.0. The molecule has 1 aromatic carbocycles. The summed E-state index contributed by atoms with van der Waals surface area (Å²) in [4.78, 5) is 0. The summed E-state index contributed by atoms with van der Waals surface area (Å²) >= 11 is 7.20. The molecule has 0 amide bonds. The fourth-order valence-electron chi connectivity index (χ4n) is 2.36. The van der Waals surface area contributed by atoms with E-state index in [1.807, 2.05) is 17.7 Å². The predicted molar refractivity (Wildman–Crippen MR) is 100 cm³/mol. The third-order valence-electron chi connectivity index (χ3n) is 3.56. The van der Waals surface area contributed by atoms with Crippen LogP contribution in [0.3, 0.4) is 0 Å². The molecular weight excluding hydrogens is 382 g/mol. The van der Waals surface area contributed by atoms with E-state index in [0.29, 0.717) is 23.0 Å². The first kappa shape index (κ1) is 17.8. The third kappa shape index (κ3) is 3.65. The van der Waals surface area contributed by atoms with Crippen LogP contribution in [-0.2, 0) is 16.6 Å². The average Bonchev–Trinajstić information content (AvgIpc) is 3.23. The molecule has 3 rings (SSSR count). The van der Waals surface area contributed by atoms with E-state index in [-0.39, 0.29) is 4.21 Å². The summed E-state index contributed by atoms with van der Waals surface area (Å²) in [5.74, 6) is 0.482. The minimum absolute atomic E-state index is 0.221. The molecule has 0 aliphatic carbocycles. The van der Waals surface area contributed by atoms with Gasteiger partial charge in [0, 0.05) is 23.7 Å². The molecular formula is C16H16ClN3O3S2.